The molecule has 21 heavy (non-hydrogen) atoms. The van der Waals surface area contributed by atoms with E-state index < -0.39 is 0 Å². The van der Waals surface area contributed by atoms with Gasteiger partial charge in [-0.15, -0.1) is 0 Å². The first kappa shape index (κ1) is 19.9. The van der Waals surface area contributed by atoms with Crippen molar-refractivity contribution in [3.05, 3.63) is 0 Å². The van der Waals surface area contributed by atoms with Crippen LogP contribution in [0.2, 0.25) is 0 Å². The Labute approximate surface area is 127 Å². The van der Waals surface area contributed by atoms with Crippen molar-refractivity contribution in [2.45, 2.75) is 44.9 Å². The maximum Gasteiger partial charge on any atom is 0.222 e. The number of rotatable bonds is 12. The molecule has 0 unspecified atom stereocenters. The van der Waals surface area contributed by atoms with Crippen molar-refractivity contribution in [1.29, 1.82) is 0 Å². The fraction of sp³-hybridized carbons (Fsp3) is 0.867. The zero-order valence-electron chi connectivity index (χ0n) is 13.4. The number of likely N-dealkylation sites (N-methyl/N-ethyl adjacent to an activating group) is 2. The van der Waals surface area contributed by atoms with Crippen LogP contribution in [0, 0.1) is 0 Å². The molecule has 0 rings (SSSR count). The Hall–Kier alpha value is -1.14. The van der Waals surface area contributed by atoms with Crippen molar-refractivity contribution in [2.24, 2.45) is 0 Å². The van der Waals surface area contributed by atoms with Crippen LogP contribution in [0.1, 0.15) is 44.9 Å². The Bertz CT molecular complexity index is 269. The number of aliphatic hydroxyl groups is 2. The van der Waals surface area contributed by atoms with Gasteiger partial charge in [0.05, 0.1) is 13.2 Å². The fourth-order valence-electron chi connectivity index (χ4n) is 2.01. The molecule has 0 aliphatic rings. The van der Waals surface area contributed by atoms with Gasteiger partial charge in [0.15, 0.2) is 0 Å². The molecule has 0 saturated heterocycles. The van der Waals surface area contributed by atoms with E-state index in [0.717, 1.165) is 32.1 Å². The third-order valence-corrected chi connectivity index (χ3v) is 3.50. The predicted molar refractivity (Wildman–Crippen MR) is 81.8 cm³/mol. The van der Waals surface area contributed by atoms with Crippen molar-refractivity contribution < 1.29 is 19.8 Å². The summed E-state index contributed by atoms with van der Waals surface area (Å²) >= 11 is 0. The largest absolute Gasteiger partial charge is 0.395 e. The van der Waals surface area contributed by atoms with Crippen molar-refractivity contribution in [3.63, 3.8) is 0 Å². The summed E-state index contributed by atoms with van der Waals surface area (Å²) < 4.78 is 0. The first-order valence-electron chi connectivity index (χ1n) is 7.72. The minimum Gasteiger partial charge on any atom is -0.395 e. The first-order valence-corrected chi connectivity index (χ1v) is 7.72. The molecule has 2 N–H and O–H groups in total. The van der Waals surface area contributed by atoms with Crippen LogP contribution in [0.15, 0.2) is 0 Å². The Morgan fingerprint density at radius 1 is 0.714 bits per heavy atom. The number of hydrogen-bond donors (Lipinski definition) is 2. The second-order valence-corrected chi connectivity index (χ2v) is 5.35. The summed E-state index contributed by atoms with van der Waals surface area (Å²) in [7, 11) is 3.40. The molecule has 0 aliphatic heterocycles. The molecule has 0 bridgehead atoms. The average molecular weight is 302 g/mol. The molecule has 2 amide bonds. The summed E-state index contributed by atoms with van der Waals surface area (Å²) in [5, 5.41) is 17.5. The maximum absolute atomic E-state index is 11.6. The molecule has 0 aromatic heterocycles. The molecule has 0 aromatic carbocycles. The van der Waals surface area contributed by atoms with Gasteiger partial charge >= 0.3 is 0 Å². The lowest BCUT2D eigenvalue weighted by Crippen LogP contribution is -2.29. The molecular formula is C15H30N2O4. The summed E-state index contributed by atoms with van der Waals surface area (Å²) in [6, 6.07) is 0. The summed E-state index contributed by atoms with van der Waals surface area (Å²) in [6.45, 7) is 0.784. The lowest BCUT2D eigenvalue weighted by molar-refractivity contribution is -0.131. The first-order chi connectivity index (χ1) is 10.0. The molecule has 0 spiro atoms. The summed E-state index contributed by atoms with van der Waals surface area (Å²) in [5.74, 6) is 0.148. The van der Waals surface area contributed by atoms with Crippen molar-refractivity contribution in [3.8, 4) is 0 Å². The molecule has 0 heterocycles. The van der Waals surface area contributed by atoms with E-state index in [1.165, 1.54) is 0 Å². The van der Waals surface area contributed by atoms with Gasteiger partial charge in [-0.1, -0.05) is 19.3 Å². The van der Waals surface area contributed by atoms with Gasteiger partial charge < -0.3 is 20.0 Å². The van der Waals surface area contributed by atoms with Gasteiger partial charge in [0.25, 0.3) is 0 Å². The van der Waals surface area contributed by atoms with E-state index in [4.69, 9.17) is 10.2 Å². The molecule has 6 heteroatoms. The molecule has 6 nitrogen and oxygen atoms in total. The number of hydrogen-bond acceptors (Lipinski definition) is 4. The highest BCUT2D eigenvalue weighted by molar-refractivity contribution is 5.76. The summed E-state index contributed by atoms with van der Waals surface area (Å²) in [6.07, 6.45) is 5.75. The van der Waals surface area contributed by atoms with Crippen LogP contribution in [0.25, 0.3) is 0 Å². The second-order valence-electron chi connectivity index (χ2n) is 5.35. The minimum absolute atomic E-state index is 0.000988. The summed E-state index contributed by atoms with van der Waals surface area (Å²) in [4.78, 5) is 26.3. The number of carbonyl (C=O) groups excluding carboxylic acids is 2. The zero-order valence-corrected chi connectivity index (χ0v) is 13.4. The third-order valence-electron chi connectivity index (χ3n) is 3.50. The number of unbranched alkanes of at least 4 members (excludes halogenated alkanes) is 4. The molecule has 0 fully saturated rings. The van der Waals surface area contributed by atoms with E-state index in [2.05, 4.69) is 0 Å². The zero-order chi connectivity index (χ0) is 16.1. The van der Waals surface area contributed by atoms with Crippen LogP contribution in [-0.2, 0) is 9.59 Å². The van der Waals surface area contributed by atoms with Gasteiger partial charge in [-0.3, -0.25) is 9.59 Å². The lowest BCUT2D eigenvalue weighted by atomic mass is 10.1. The molecule has 0 radical (unpaired) electrons. The van der Waals surface area contributed by atoms with Gasteiger partial charge in [0, 0.05) is 40.0 Å². The van der Waals surface area contributed by atoms with Crippen molar-refractivity contribution in [2.75, 3.05) is 40.4 Å². The monoisotopic (exact) mass is 302 g/mol. The van der Waals surface area contributed by atoms with Crippen LogP contribution < -0.4 is 0 Å². The van der Waals surface area contributed by atoms with Crippen molar-refractivity contribution >= 4 is 11.8 Å². The number of nitrogens with zero attached hydrogens (tertiary/aromatic N) is 2. The molecular weight excluding hydrogens is 272 g/mol. The van der Waals surface area contributed by atoms with Gasteiger partial charge in [-0.25, -0.2) is 0 Å². The molecule has 124 valence electrons. The highest BCUT2D eigenvalue weighted by atomic mass is 16.3. The van der Waals surface area contributed by atoms with E-state index >= 15 is 0 Å². The van der Waals surface area contributed by atoms with Gasteiger partial charge in [-0.2, -0.15) is 0 Å². The smallest absolute Gasteiger partial charge is 0.222 e. The summed E-state index contributed by atoms with van der Waals surface area (Å²) in [5.41, 5.74) is 0. The Kier molecular flexibility index (Phi) is 11.9. The minimum atomic E-state index is 0.000988. The number of carbonyl (C=O) groups is 2. The highest BCUT2D eigenvalue weighted by Gasteiger charge is 2.08. The predicted octanol–water partition coefficient (Wildman–Crippen LogP) is 0.618. The van der Waals surface area contributed by atoms with Crippen LogP contribution in [0.5, 0.6) is 0 Å². The van der Waals surface area contributed by atoms with E-state index in [9.17, 15) is 9.59 Å². The number of amides is 2. The number of aliphatic hydroxyl groups excluding tert-OH is 2. The van der Waals surface area contributed by atoms with Crippen molar-refractivity contribution in [1.82, 2.24) is 9.80 Å². The van der Waals surface area contributed by atoms with Crippen LogP contribution in [0.3, 0.4) is 0 Å². The molecule has 0 saturated carbocycles. The van der Waals surface area contributed by atoms with E-state index in [-0.39, 0.29) is 25.0 Å². The topological polar surface area (TPSA) is 81.1 Å². The fourth-order valence-corrected chi connectivity index (χ4v) is 2.01. The van der Waals surface area contributed by atoms with Crippen LogP contribution >= 0.6 is 0 Å². The normalized spacial score (nSPS) is 10.5. The highest BCUT2D eigenvalue weighted by Crippen LogP contribution is 2.09. The second kappa shape index (κ2) is 12.6. The Balaban J connectivity index is 3.48. The molecule has 0 atom stereocenters. The molecule has 0 aromatic rings. The van der Waals surface area contributed by atoms with Gasteiger partial charge in [-0.05, 0) is 12.8 Å². The van der Waals surface area contributed by atoms with E-state index in [1.54, 1.807) is 23.9 Å². The van der Waals surface area contributed by atoms with E-state index in [1.807, 2.05) is 0 Å². The van der Waals surface area contributed by atoms with Crippen LogP contribution in [-0.4, -0.2) is 72.2 Å². The lowest BCUT2D eigenvalue weighted by Gasteiger charge is -2.15. The SMILES string of the molecule is CN(CCO)C(=O)CCCCCCCC(=O)N(C)CCO. The van der Waals surface area contributed by atoms with Gasteiger partial charge in [0.1, 0.15) is 0 Å². The van der Waals surface area contributed by atoms with Crippen LogP contribution in [0.4, 0.5) is 0 Å². The Morgan fingerprint density at radius 3 is 1.38 bits per heavy atom. The Morgan fingerprint density at radius 2 is 1.05 bits per heavy atom. The average Bonchev–Trinajstić information content (AvgIpc) is 2.46. The quantitative estimate of drug-likeness (QED) is 0.518. The standard InChI is InChI=1S/C15H30N2O4/c1-16(10-12-18)14(20)8-6-4-3-5-7-9-15(21)17(2)11-13-19/h18-19H,3-13H2,1-2H3. The van der Waals surface area contributed by atoms with E-state index in [0.29, 0.717) is 25.9 Å². The third kappa shape index (κ3) is 10.3. The maximum atomic E-state index is 11.6. The van der Waals surface area contributed by atoms with Gasteiger partial charge in [0.2, 0.25) is 11.8 Å². The molecule has 0 aliphatic carbocycles.